The van der Waals surface area contributed by atoms with Crippen molar-refractivity contribution in [3.8, 4) is 0 Å². The Bertz CT molecular complexity index is 1090. The highest BCUT2D eigenvalue weighted by atomic mass is 32.2. The summed E-state index contributed by atoms with van der Waals surface area (Å²) in [6, 6.07) is 10.5. The number of rotatable bonds is 5. The van der Waals surface area contributed by atoms with Gasteiger partial charge in [-0.25, -0.2) is 16.8 Å². The van der Waals surface area contributed by atoms with Gasteiger partial charge in [0.15, 0.2) is 0 Å². The van der Waals surface area contributed by atoms with Gasteiger partial charge in [-0.05, 0) is 61.9 Å². The fourth-order valence-electron chi connectivity index (χ4n) is 3.47. The van der Waals surface area contributed by atoms with Gasteiger partial charge in [-0.15, -0.1) is 0 Å². The lowest BCUT2D eigenvalue weighted by Crippen LogP contribution is -2.38. The number of hydrogen-bond donors (Lipinski definition) is 1. The highest BCUT2D eigenvalue weighted by Crippen LogP contribution is 2.30. The number of anilines is 2. The van der Waals surface area contributed by atoms with Crippen molar-refractivity contribution in [3.05, 3.63) is 53.1 Å². The van der Waals surface area contributed by atoms with Gasteiger partial charge in [-0.2, -0.15) is 0 Å². The van der Waals surface area contributed by atoms with Gasteiger partial charge in [-0.1, -0.05) is 31.2 Å². The van der Waals surface area contributed by atoms with Gasteiger partial charge in [0.05, 0.1) is 22.0 Å². The van der Waals surface area contributed by atoms with Crippen LogP contribution in [0.15, 0.2) is 41.3 Å². The molecule has 28 heavy (non-hydrogen) atoms. The fraction of sp³-hybridized carbons (Fsp3) is 0.400. The molecule has 0 bridgehead atoms. The van der Waals surface area contributed by atoms with Gasteiger partial charge in [0.2, 0.25) is 10.0 Å². The van der Waals surface area contributed by atoms with Crippen molar-refractivity contribution in [2.75, 3.05) is 21.3 Å². The summed E-state index contributed by atoms with van der Waals surface area (Å²) in [6.45, 7) is 5.91. The van der Waals surface area contributed by atoms with Gasteiger partial charge >= 0.3 is 0 Å². The predicted molar refractivity (Wildman–Crippen MR) is 113 cm³/mol. The monoisotopic (exact) mass is 422 g/mol. The third-order valence-electron chi connectivity index (χ3n) is 5.07. The molecular weight excluding hydrogens is 396 g/mol. The van der Waals surface area contributed by atoms with Gasteiger partial charge in [0.1, 0.15) is 0 Å². The number of nitrogens with one attached hydrogen (secondary N) is 1. The van der Waals surface area contributed by atoms with Crippen LogP contribution in [0.4, 0.5) is 11.4 Å². The van der Waals surface area contributed by atoms with Crippen molar-refractivity contribution < 1.29 is 16.8 Å². The van der Waals surface area contributed by atoms with E-state index in [1.807, 2.05) is 32.0 Å². The lowest BCUT2D eigenvalue weighted by molar-refractivity contribution is 0.574. The normalized spacial score (nSPS) is 16.8. The third kappa shape index (κ3) is 4.03. The van der Waals surface area contributed by atoms with E-state index >= 15 is 0 Å². The molecule has 0 aromatic heterocycles. The molecule has 0 unspecified atom stereocenters. The Balaban J connectivity index is 2.03. The minimum Gasteiger partial charge on any atom is -0.279 e. The smallest absolute Gasteiger partial charge is 0.262 e. The summed E-state index contributed by atoms with van der Waals surface area (Å²) in [5, 5.41) is 0. The first-order valence-electron chi connectivity index (χ1n) is 9.38. The highest BCUT2D eigenvalue weighted by Gasteiger charge is 2.28. The summed E-state index contributed by atoms with van der Waals surface area (Å²) in [7, 11) is -7.28. The van der Waals surface area contributed by atoms with E-state index in [0.717, 1.165) is 17.5 Å². The van der Waals surface area contributed by atoms with Crippen LogP contribution in [-0.2, 0) is 26.5 Å². The molecule has 0 saturated carbocycles. The number of hydrogen-bond acceptors (Lipinski definition) is 4. The van der Waals surface area contributed by atoms with E-state index < -0.39 is 20.0 Å². The average Bonchev–Trinajstić information content (AvgIpc) is 2.63. The number of nitrogens with zero attached hydrogens (tertiary/aromatic N) is 1. The maximum Gasteiger partial charge on any atom is 0.262 e. The summed E-state index contributed by atoms with van der Waals surface area (Å²) in [5.41, 5.74) is 3.30. The van der Waals surface area contributed by atoms with Crippen LogP contribution in [0.1, 0.15) is 36.5 Å². The summed E-state index contributed by atoms with van der Waals surface area (Å²) in [5.74, 6) is 0.0876. The summed E-state index contributed by atoms with van der Waals surface area (Å²) < 4.78 is 55.2. The molecule has 0 radical (unpaired) electrons. The van der Waals surface area contributed by atoms with Gasteiger partial charge in [-0.3, -0.25) is 9.03 Å². The fourth-order valence-corrected chi connectivity index (χ4v) is 6.54. The first kappa shape index (κ1) is 20.7. The van der Waals surface area contributed by atoms with E-state index in [2.05, 4.69) is 4.72 Å². The second-order valence-corrected chi connectivity index (χ2v) is 10.8. The quantitative estimate of drug-likeness (QED) is 0.798. The van der Waals surface area contributed by atoms with Gasteiger partial charge in [0, 0.05) is 6.54 Å². The Morgan fingerprint density at radius 1 is 1.07 bits per heavy atom. The molecule has 0 atom stereocenters. The van der Waals surface area contributed by atoms with Crippen LogP contribution in [0.3, 0.4) is 0 Å². The topological polar surface area (TPSA) is 83.6 Å². The van der Waals surface area contributed by atoms with Crippen LogP contribution in [0, 0.1) is 13.8 Å². The lowest BCUT2D eigenvalue weighted by atomic mass is 10.1. The van der Waals surface area contributed by atoms with E-state index in [1.165, 1.54) is 10.4 Å². The SMILES string of the molecule is CCc1cccc(C)c1NS(=O)(=O)c1cc(N2CCCCS2(=O)=O)ccc1C. The minimum absolute atomic E-state index is 0.0876. The molecule has 152 valence electrons. The number of aryl methyl sites for hydroxylation is 3. The Morgan fingerprint density at radius 2 is 1.82 bits per heavy atom. The highest BCUT2D eigenvalue weighted by molar-refractivity contribution is 7.93. The lowest BCUT2D eigenvalue weighted by Gasteiger charge is -2.28. The standard InChI is InChI=1S/C20H26N2O4S2/c1-4-17-9-7-8-16(3)20(17)21-28(25,26)19-14-18(11-10-15(19)2)22-12-5-6-13-27(22,23)24/h7-11,14,21H,4-6,12-13H2,1-3H3. The molecule has 1 aliphatic rings. The molecule has 8 heteroatoms. The van der Waals surface area contributed by atoms with E-state index in [9.17, 15) is 16.8 Å². The molecule has 1 saturated heterocycles. The Hall–Kier alpha value is -2.06. The second kappa shape index (κ2) is 7.75. The van der Waals surface area contributed by atoms with Crippen LogP contribution in [0.25, 0.3) is 0 Å². The van der Waals surface area contributed by atoms with E-state index in [1.54, 1.807) is 19.1 Å². The van der Waals surface area contributed by atoms with E-state index in [0.29, 0.717) is 36.3 Å². The summed E-state index contributed by atoms with van der Waals surface area (Å²) in [4.78, 5) is 0.0936. The molecule has 1 N–H and O–H groups in total. The molecular formula is C20H26N2O4S2. The zero-order chi connectivity index (χ0) is 20.5. The van der Waals surface area contributed by atoms with Crippen molar-refractivity contribution in [2.24, 2.45) is 0 Å². The van der Waals surface area contributed by atoms with Crippen molar-refractivity contribution in [1.82, 2.24) is 0 Å². The predicted octanol–water partition coefficient (Wildman–Crippen LogP) is 3.60. The number of sulfonamides is 2. The van der Waals surface area contributed by atoms with Gasteiger partial charge < -0.3 is 0 Å². The molecule has 1 fully saturated rings. The molecule has 3 rings (SSSR count). The van der Waals surface area contributed by atoms with Crippen LogP contribution in [-0.4, -0.2) is 29.1 Å². The average molecular weight is 423 g/mol. The zero-order valence-electron chi connectivity index (χ0n) is 16.4. The van der Waals surface area contributed by atoms with Crippen LogP contribution in [0.2, 0.25) is 0 Å². The first-order valence-corrected chi connectivity index (χ1v) is 12.5. The van der Waals surface area contributed by atoms with E-state index in [4.69, 9.17) is 0 Å². The first-order chi connectivity index (χ1) is 13.2. The molecule has 2 aromatic rings. The Labute approximate surface area is 167 Å². The second-order valence-electron chi connectivity index (χ2n) is 7.11. The van der Waals surface area contributed by atoms with E-state index in [-0.39, 0.29) is 10.6 Å². The van der Waals surface area contributed by atoms with Crippen LogP contribution < -0.4 is 9.03 Å². The summed E-state index contributed by atoms with van der Waals surface area (Å²) >= 11 is 0. The maximum atomic E-state index is 13.2. The number of para-hydroxylation sites is 1. The zero-order valence-corrected chi connectivity index (χ0v) is 18.0. The maximum absolute atomic E-state index is 13.2. The molecule has 2 aromatic carbocycles. The van der Waals surface area contributed by atoms with Crippen LogP contribution in [0.5, 0.6) is 0 Å². The molecule has 1 aliphatic heterocycles. The molecule has 0 spiro atoms. The van der Waals surface area contributed by atoms with Crippen molar-refractivity contribution >= 4 is 31.4 Å². The summed E-state index contributed by atoms with van der Waals surface area (Å²) in [6.07, 6.45) is 2.09. The Morgan fingerprint density at radius 3 is 2.50 bits per heavy atom. The van der Waals surface area contributed by atoms with Gasteiger partial charge in [0.25, 0.3) is 10.0 Å². The third-order valence-corrected chi connectivity index (χ3v) is 8.44. The van der Waals surface area contributed by atoms with Crippen molar-refractivity contribution in [3.63, 3.8) is 0 Å². The molecule has 0 aliphatic carbocycles. The van der Waals surface area contributed by atoms with Crippen molar-refractivity contribution in [1.29, 1.82) is 0 Å². The number of benzene rings is 2. The van der Waals surface area contributed by atoms with Crippen molar-refractivity contribution in [2.45, 2.75) is 44.9 Å². The Kier molecular flexibility index (Phi) is 5.72. The molecule has 6 nitrogen and oxygen atoms in total. The molecule has 1 heterocycles. The minimum atomic E-state index is -3.87. The molecule has 0 amide bonds. The largest absolute Gasteiger partial charge is 0.279 e. The van der Waals surface area contributed by atoms with Crippen LogP contribution >= 0.6 is 0 Å².